The first kappa shape index (κ1) is 11.5. The van der Waals surface area contributed by atoms with E-state index in [1.54, 1.807) is 0 Å². The number of aromatic nitrogens is 3. The van der Waals surface area contributed by atoms with Crippen LogP contribution < -0.4 is 11.1 Å². The summed E-state index contributed by atoms with van der Waals surface area (Å²) < 4.78 is 1.53. The van der Waals surface area contributed by atoms with E-state index in [-0.39, 0.29) is 17.6 Å². The molecule has 0 fully saturated rings. The number of nitrogens with zero attached hydrogens (tertiary/aromatic N) is 3. The molecule has 0 atom stereocenters. The lowest BCUT2D eigenvalue weighted by Crippen LogP contribution is -2.25. The Hall–Kier alpha value is -1.59. The van der Waals surface area contributed by atoms with Crippen LogP contribution in [-0.2, 0) is 0 Å². The van der Waals surface area contributed by atoms with Gasteiger partial charge in [-0.15, -0.1) is 5.10 Å². The molecule has 0 aliphatic rings. The molecule has 6 nitrogen and oxygen atoms in total. The minimum atomic E-state index is -0.263. The van der Waals surface area contributed by atoms with Crippen molar-refractivity contribution in [3.63, 3.8) is 0 Å². The molecule has 84 valence electrons. The van der Waals surface area contributed by atoms with Crippen LogP contribution >= 0.6 is 0 Å². The van der Waals surface area contributed by atoms with E-state index in [0.717, 1.165) is 6.42 Å². The molecule has 0 spiro atoms. The average Bonchev–Trinajstić information content (AvgIpc) is 2.56. The van der Waals surface area contributed by atoms with E-state index in [0.29, 0.717) is 12.4 Å². The summed E-state index contributed by atoms with van der Waals surface area (Å²) >= 11 is 0. The summed E-state index contributed by atoms with van der Waals surface area (Å²) in [5, 5.41) is 10.3. The van der Waals surface area contributed by atoms with Gasteiger partial charge in [0.05, 0.1) is 6.04 Å². The topological polar surface area (TPSA) is 85.8 Å². The SMILES string of the molecule is CCCNC(=O)c1nnn(C(C)C)c1N. The molecule has 3 N–H and O–H groups in total. The van der Waals surface area contributed by atoms with Gasteiger partial charge in [0.25, 0.3) is 5.91 Å². The zero-order chi connectivity index (χ0) is 11.4. The second-order valence-corrected chi connectivity index (χ2v) is 3.62. The maximum absolute atomic E-state index is 11.6. The van der Waals surface area contributed by atoms with E-state index < -0.39 is 0 Å². The second-order valence-electron chi connectivity index (χ2n) is 3.62. The van der Waals surface area contributed by atoms with Gasteiger partial charge < -0.3 is 11.1 Å². The summed E-state index contributed by atoms with van der Waals surface area (Å²) in [7, 11) is 0. The summed E-state index contributed by atoms with van der Waals surface area (Å²) in [6.45, 7) is 6.46. The van der Waals surface area contributed by atoms with Gasteiger partial charge in [0.2, 0.25) is 0 Å². The fourth-order valence-corrected chi connectivity index (χ4v) is 1.17. The van der Waals surface area contributed by atoms with Crippen molar-refractivity contribution in [2.75, 3.05) is 12.3 Å². The summed E-state index contributed by atoms with van der Waals surface area (Å²) in [6, 6.07) is 0.102. The Morgan fingerprint density at radius 1 is 1.60 bits per heavy atom. The lowest BCUT2D eigenvalue weighted by molar-refractivity contribution is 0.0949. The minimum Gasteiger partial charge on any atom is -0.382 e. The number of nitrogen functional groups attached to an aromatic ring is 1. The van der Waals surface area contributed by atoms with E-state index in [1.165, 1.54) is 4.68 Å². The van der Waals surface area contributed by atoms with Gasteiger partial charge in [0.1, 0.15) is 0 Å². The van der Waals surface area contributed by atoms with Crippen molar-refractivity contribution < 1.29 is 4.79 Å². The molecule has 0 bridgehead atoms. The van der Waals surface area contributed by atoms with Gasteiger partial charge in [-0.2, -0.15) is 0 Å². The van der Waals surface area contributed by atoms with Gasteiger partial charge in [-0.05, 0) is 20.3 Å². The molecular weight excluding hydrogens is 194 g/mol. The van der Waals surface area contributed by atoms with Crippen molar-refractivity contribution in [3.05, 3.63) is 5.69 Å². The van der Waals surface area contributed by atoms with Crippen molar-refractivity contribution in [2.24, 2.45) is 0 Å². The van der Waals surface area contributed by atoms with Gasteiger partial charge in [-0.3, -0.25) is 4.79 Å². The number of rotatable bonds is 4. The summed E-state index contributed by atoms with van der Waals surface area (Å²) in [4.78, 5) is 11.6. The zero-order valence-electron chi connectivity index (χ0n) is 9.32. The summed E-state index contributed by atoms with van der Waals surface area (Å²) in [6.07, 6.45) is 0.879. The van der Waals surface area contributed by atoms with Crippen molar-refractivity contribution in [3.8, 4) is 0 Å². The zero-order valence-corrected chi connectivity index (χ0v) is 9.32. The van der Waals surface area contributed by atoms with Crippen LogP contribution in [0.4, 0.5) is 5.82 Å². The second kappa shape index (κ2) is 4.77. The summed E-state index contributed by atoms with van der Waals surface area (Å²) in [5.74, 6) is 0.0554. The maximum atomic E-state index is 11.6. The molecule has 1 amide bonds. The molecule has 1 rings (SSSR count). The molecule has 1 aromatic heterocycles. The van der Waals surface area contributed by atoms with E-state index in [9.17, 15) is 4.79 Å². The van der Waals surface area contributed by atoms with Crippen LogP contribution in [-0.4, -0.2) is 27.4 Å². The highest BCUT2D eigenvalue weighted by molar-refractivity contribution is 5.96. The molecule has 0 aliphatic heterocycles. The van der Waals surface area contributed by atoms with Crippen LogP contribution in [0.5, 0.6) is 0 Å². The van der Waals surface area contributed by atoms with Crippen molar-refractivity contribution in [2.45, 2.75) is 33.2 Å². The predicted molar refractivity (Wildman–Crippen MR) is 57.4 cm³/mol. The van der Waals surface area contributed by atoms with Crippen LogP contribution in [0.3, 0.4) is 0 Å². The van der Waals surface area contributed by atoms with Crippen molar-refractivity contribution in [1.82, 2.24) is 20.3 Å². The van der Waals surface area contributed by atoms with Crippen LogP contribution in [0.25, 0.3) is 0 Å². The smallest absolute Gasteiger partial charge is 0.275 e. The first-order chi connectivity index (χ1) is 7.07. The van der Waals surface area contributed by atoms with Crippen LogP contribution in [0, 0.1) is 0 Å². The molecule has 0 radical (unpaired) electrons. The molecule has 0 aliphatic carbocycles. The van der Waals surface area contributed by atoms with Gasteiger partial charge in [-0.1, -0.05) is 12.1 Å². The quantitative estimate of drug-likeness (QED) is 0.762. The number of nitrogens with two attached hydrogens (primary N) is 1. The third-order valence-electron chi connectivity index (χ3n) is 1.97. The fourth-order valence-electron chi connectivity index (χ4n) is 1.17. The number of carbonyl (C=O) groups excluding carboxylic acids is 1. The Morgan fingerprint density at radius 2 is 2.27 bits per heavy atom. The normalized spacial score (nSPS) is 10.7. The molecule has 1 heterocycles. The molecule has 0 aromatic carbocycles. The van der Waals surface area contributed by atoms with E-state index in [2.05, 4.69) is 15.6 Å². The Labute approximate surface area is 88.8 Å². The molecule has 6 heteroatoms. The van der Waals surface area contributed by atoms with Crippen molar-refractivity contribution >= 4 is 11.7 Å². The average molecular weight is 211 g/mol. The molecule has 0 unspecified atom stereocenters. The van der Waals surface area contributed by atoms with Crippen molar-refractivity contribution in [1.29, 1.82) is 0 Å². The van der Waals surface area contributed by atoms with Crippen LogP contribution in [0.1, 0.15) is 43.7 Å². The van der Waals surface area contributed by atoms with Gasteiger partial charge in [0, 0.05) is 6.54 Å². The number of hydrogen-bond donors (Lipinski definition) is 2. The predicted octanol–water partition coefficient (Wildman–Crippen LogP) is 0.581. The highest BCUT2D eigenvalue weighted by Gasteiger charge is 2.17. The molecule has 0 saturated carbocycles. The number of amides is 1. The number of hydrogen-bond acceptors (Lipinski definition) is 4. The summed E-state index contributed by atoms with van der Waals surface area (Å²) in [5.41, 5.74) is 5.96. The van der Waals surface area contributed by atoms with E-state index >= 15 is 0 Å². The monoisotopic (exact) mass is 211 g/mol. The lowest BCUT2D eigenvalue weighted by Gasteiger charge is -2.06. The fraction of sp³-hybridized carbons (Fsp3) is 0.667. The van der Waals surface area contributed by atoms with Crippen LogP contribution in [0.2, 0.25) is 0 Å². The Balaban J connectivity index is 2.82. The Kier molecular flexibility index (Phi) is 3.65. The van der Waals surface area contributed by atoms with Gasteiger partial charge >= 0.3 is 0 Å². The Bertz CT molecular complexity index is 344. The molecule has 15 heavy (non-hydrogen) atoms. The van der Waals surface area contributed by atoms with E-state index in [1.807, 2.05) is 20.8 Å². The van der Waals surface area contributed by atoms with E-state index in [4.69, 9.17) is 5.73 Å². The molecule has 1 aromatic rings. The molecular formula is C9H17N5O. The largest absolute Gasteiger partial charge is 0.382 e. The first-order valence-electron chi connectivity index (χ1n) is 5.06. The van der Waals surface area contributed by atoms with Crippen LogP contribution in [0.15, 0.2) is 0 Å². The van der Waals surface area contributed by atoms with Gasteiger partial charge in [-0.25, -0.2) is 4.68 Å². The molecule has 0 saturated heterocycles. The highest BCUT2D eigenvalue weighted by atomic mass is 16.2. The number of carbonyl (C=O) groups is 1. The first-order valence-corrected chi connectivity index (χ1v) is 5.06. The third kappa shape index (κ3) is 2.45. The third-order valence-corrected chi connectivity index (χ3v) is 1.97. The Morgan fingerprint density at radius 3 is 2.73 bits per heavy atom. The number of anilines is 1. The number of nitrogens with one attached hydrogen (secondary N) is 1. The highest BCUT2D eigenvalue weighted by Crippen LogP contribution is 2.12. The standard InChI is InChI=1S/C9H17N5O/c1-4-5-11-9(15)7-8(10)14(6(2)3)13-12-7/h6H,4-5,10H2,1-3H3,(H,11,15). The van der Waals surface area contributed by atoms with Gasteiger partial charge in [0.15, 0.2) is 11.5 Å². The maximum Gasteiger partial charge on any atom is 0.275 e. The minimum absolute atomic E-state index is 0.102. The lowest BCUT2D eigenvalue weighted by atomic mass is 10.3.